The molecular formula is C15H20ClN5. The van der Waals surface area contributed by atoms with Gasteiger partial charge in [0.1, 0.15) is 0 Å². The predicted octanol–water partition coefficient (Wildman–Crippen LogP) is 3.08. The standard InChI is InChI=1S/C15H20ClN5/c1-11(2)17-15(9-3-4-10-15)14-18-19-20-21(14)13-7-5-12(16)6-8-13/h5-8,11,17H,3-4,9-10H2,1-2H3. The van der Waals surface area contributed by atoms with Crippen LogP contribution in [0.2, 0.25) is 5.02 Å². The summed E-state index contributed by atoms with van der Waals surface area (Å²) in [4.78, 5) is 0. The lowest BCUT2D eigenvalue weighted by molar-refractivity contribution is 0.289. The van der Waals surface area contributed by atoms with Gasteiger partial charge in [0.05, 0.1) is 11.2 Å². The predicted molar refractivity (Wildman–Crippen MR) is 82.6 cm³/mol. The van der Waals surface area contributed by atoms with Crippen molar-refractivity contribution in [1.29, 1.82) is 0 Å². The van der Waals surface area contributed by atoms with Gasteiger partial charge in [-0.3, -0.25) is 0 Å². The number of tetrazole rings is 1. The lowest BCUT2D eigenvalue weighted by Crippen LogP contribution is -2.45. The van der Waals surface area contributed by atoms with Crippen molar-refractivity contribution >= 4 is 11.6 Å². The van der Waals surface area contributed by atoms with Crippen LogP contribution in [0.4, 0.5) is 0 Å². The van der Waals surface area contributed by atoms with Crippen molar-refractivity contribution in [3.63, 3.8) is 0 Å². The highest BCUT2D eigenvalue weighted by Crippen LogP contribution is 2.38. The fourth-order valence-corrected chi connectivity index (χ4v) is 3.33. The van der Waals surface area contributed by atoms with Crippen LogP contribution in [0.1, 0.15) is 45.4 Å². The van der Waals surface area contributed by atoms with Gasteiger partial charge in [0.15, 0.2) is 5.82 Å². The highest BCUT2D eigenvalue weighted by molar-refractivity contribution is 6.30. The first-order chi connectivity index (χ1) is 10.1. The molecule has 1 aromatic heterocycles. The summed E-state index contributed by atoms with van der Waals surface area (Å²) in [7, 11) is 0. The molecule has 6 heteroatoms. The van der Waals surface area contributed by atoms with E-state index in [1.165, 1.54) is 12.8 Å². The number of aromatic nitrogens is 4. The van der Waals surface area contributed by atoms with E-state index < -0.39 is 0 Å². The summed E-state index contributed by atoms with van der Waals surface area (Å²) in [6.07, 6.45) is 4.54. The van der Waals surface area contributed by atoms with E-state index in [0.717, 1.165) is 24.4 Å². The van der Waals surface area contributed by atoms with Crippen LogP contribution in [0.15, 0.2) is 24.3 Å². The number of hydrogen-bond acceptors (Lipinski definition) is 4. The molecule has 0 atom stereocenters. The fraction of sp³-hybridized carbons (Fsp3) is 0.533. The van der Waals surface area contributed by atoms with E-state index in [1.807, 2.05) is 28.9 Å². The Labute approximate surface area is 129 Å². The van der Waals surface area contributed by atoms with Gasteiger partial charge in [0, 0.05) is 11.1 Å². The number of rotatable bonds is 4. The van der Waals surface area contributed by atoms with Gasteiger partial charge < -0.3 is 5.32 Å². The molecule has 112 valence electrons. The van der Waals surface area contributed by atoms with E-state index in [-0.39, 0.29) is 5.54 Å². The highest BCUT2D eigenvalue weighted by atomic mass is 35.5. The van der Waals surface area contributed by atoms with Crippen molar-refractivity contribution in [2.75, 3.05) is 0 Å². The summed E-state index contributed by atoms with van der Waals surface area (Å²) in [6.45, 7) is 4.33. The van der Waals surface area contributed by atoms with Crippen LogP contribution in [0, 0.1) is 0 Å². The summed E-state index contributed by atoms with van der Waals surface area (Å²) in [5, 5.41) is 16.8. The molecule has 21 heavy (non-hydrogen) atoms. The first-order valence-corrected chi connectivity index (χ1v) is 7.81. The molecule has 1 saturated carbocycles. The minimum atomic E-state index is -0.128. The molecule has 1 aliphatic carbocycles. The van der Waals surface area contributed by atoms with E-state index in [1.54, 1.807) is 0 Å². The first kappa shape index (κ1) is 14.5. The van der Waals surface area contributed by atoms with Crippen molar-refractivity contribution in [1.82, 2.24) is 25.5 Å². The van der Waals surface area contributed by atoms with E-state index in [9.17, 15) is 0 Å². The second-order valence-corrected chi connectivity index (χ2v) is 6.42. The van der Waals surface area contributed by atoms with Gasteiger partial charge in [-0.2, -0.15) is 4.68 Å². The van der Waals surface area contributed by atoms with Gasteiger partial charge in [0.2, 0.25) is 0 Å². The largest absolute Gasteiger partial charge is 0.302 e. The van der Waals surface area contributed by atoms with E-state index in [4.69, 9.17) is 11.6 Å². The SMILES string of the molecule is CC(C)NC1(c2nnnn2-c2ccc(Cl)cc2)CCCC1. The smallest absolute Gasteiger partial charge is 0.176 e. The van der Waals surface area contributed by atoms with E-state index in [0.29, 0.717) is 11.1 Å². The Morgan fingerprint density at radius 1 is 1.19 bits per heavy atom. The minimum absolute atomic E-state index is 0.128. The molecule has 1 aromatic carbocycles. The normalized spacial score (nSPS) is 17.5. The minimum Gasteiger partial charge on any atom is -0.302 e. The molecule has 3 rings (SSSR count). The Morgan fingerprint density at radius 2 is 1.86 bits per heavy atom. The molecule has 1 fully saturated rings. The van der Waals surface area contributed by atoms with Crippen molar-refractivity contribution in [3.8, 4) is 5.69 Å². The molecule has 0 saturated heterocycles. The highest BCUT2D eigenvalue weighted by Gasteiger charge is 2.40. The summed E-state index contributed by atoms with van der Waals surface area (Å²) >= 11 is 5.96. The Hall–Kier alpha value is -1.46. The maximum absolute atomic E-state index is 5.96. The number of benzene rings is 1. The number of nitrogens with zero attached hydrogens (tertiary/aromatic N) is 4. The quantitative estimate of drug-likeness (QED) is 0.943. The Morgan fingerprint density at radius 3 is 2.48 bits per heavy atom. The average Bonchev–Trinajstić information content (AvgIpc) is 3.08. The molecule has 0 aliphatic heterocycles. The molecule has 0 amide bonds. The number of nitrogens with one attached hydrogen (secondary N) is 1. The summed E-state index contributed by atoms with van der Waals surface area (Å²) < 4.78 is 1.83. The third-order valence-electron chi connectivity index (χ3n) is 3.99. The van der Waals surface area contributed by atoms with E-state index in [2.05, 4.69) is 34.7 Å². The monoisotopic (exact) mass is 305 g/mol. The van der Waals surface area contributed by atoms with Gasteiger partial charge in [-0.05, 0) is 61.4 Å². The van der Waals surface area contributed by atoms with Crippen LogP contribution in [-0.2, 0) is 5.54 Å². The molecule has 1 N–H and O–H groups in total. The van der Waals surface area contributed by atoms with Gasteiger partial charge in [-0.25, -0.2) is 0 Å². The molecule has 0 bridgehead atoms. The zero-order chi connectivity index (χ0) is 14.9. The van der Waals surface area contributed by atoms with Gasteiger partial charge >= 0.3 is 0 Å². The third-order valence-corrected chi connectivity index (χ3v) is 4.24. The lowest BCUT2D eigenvalue weighted by Gasteiger charge is -2.31. The van der Waals surface area contributed by atoms with Crippen LogP contribution in [-0.4, -0.2) is 26.2 Å². The topological polar surface area (TPSA) is 55.6 Å². The Balaban J connectivity index is 2.02. The zero-order valence-electron chi connectivity index (χ0n) is 12.4. The van der Waals surface area contributed by atoms with Crippen molar-refractivity contribution < 1.29 is 0 Å². The fourth-order valence-electron chi connectivity index (χ4n) is 3.21. The van der Waals surface area contributed by atoms with Crippen molar-refractivity contribution in [2.45, 2.75) is 51.1 Å². The maximum atomic E-state index is 5.96. The molecule has 0 radical (unpaired) electrons. The second-order valence-electron chi connectivity index (χ2n) is 5.98. The summed E-state index contributed by atoms with van der Waals surface area (Å²) in [5.41, 5.74) is 0.813. The zero-order valence-corrected chi connectivity index (χ0v) is 13.1. The van der Waals surface area contributed by atoms with Gasteiger partial charge in [-0.1, -0.05) is 24.4 Å². The van der Waals surface area contributed by atoms with Crippen molar-refractivity contribution in [3.05, 3.63) is 35.1 Å². The van der Waals surface area contributed by atoms with Crippen molar-refractivity contribution in [2.24, 2.45) is 0 Å². The van der Waals surface area contributed by atoms with Crippen LogP contribution in [0.5, 0.6) is 0 Å². The van der Waals surface area contributed by atoms with Crippen LogP contribution in [0.3, 0.4) is 0 Å². The Bertz CT molecular complexity index is 599. The molecule has 5 nitrogen and oxygen atoms in total. The van der Waals surface area contributed by atoms with Crippen LogP contribution >= 0.6 is 11.6 Å². The van der Waals surface area contributed by atoms with Gasteiger partial charge in [0.25, 0.3) is 0 Å². The number of hydrogen-bond donors (Lipinski definition) is 1. The molecule has 1 aliphatic rings. The summed E-state index contributed by atoms with van der Waals surface area (Å²) in [5.74, 6) is 0.899. The van der Waals surface area contributed by atoms with Gasteiger partial charge in [-0.15, -0.1) is 5.10 Å². The Kier molecular flexibility index (Phi) is 3.95. The third kappa shape index (κ3) is 2.80. The maximum Gasteiger partial charge on any atom is 0.176 e. The molecule has 1 heterocycles. The number of halogens is 1. The molecule has 2 aromatic rings. The molecular weight excluding hydrogens is 286 g/mol. The molecule has 0 unspecified atom stereocenters. The lowest BCUT2D eigenvalue weighted by atomic mass is 9.95. The first-order valence-electron chi connectivity index (χ1n) is 7.43. The summed E-state index contributed by atoms with van der Waals surface area (Å²) in [6, 6.07) is 8.00. The van der Waals surface area contributed by atoms with E-state index >= 15 is 0 Å². The van der Waals surface area contributed by atoms with Crippen LogP contribution < -0.4 is 5.32 Å². The molecule has 0 spiro atoms. The average molecular weight is 306 g/mol. The second kappa shape index (κ2) is 5.73. The van der Waals surface area contributed by atoms with Crippen LogP contribution in [0.25, 0.3) is 5.69 Å².